The molecule has 2 heterocycles. The van der Waals surface area contributed by atoms with E-state index in [0.717, 1.165) is 15.4 Å². The van der Waals surface area contributed by atoms with Crippen LogP contribution < -0.4 is 5.32 Å². The molecule has 1 atom stereocenters. The molecule has 2 N–H and O–H groups in total. The standard InChI is InChI=1S/C18H24BrNO4/c1-17(2,3)20-10-14(21)15-8-11-7-12(19)9-13(16(11)24-15)18(4)22-5-6-23-18/h7-9,14,20-21H,5-6,10H2,1-4H3. The Labute approximate surface area is 150 Å². The maximum absolute atomic E-state index is 10.4. The van der Waals surface area contributed by atoms with Crippen LogP contribution in [0.15, 0.2) is 27.1 Å². The quantitative estimate of drug-likeness (QED) is 0.820. The van der Waals surface area contributed by atoms with E-state index in [1.807, 2.05) is 25.1 Å². The molecule has 0 amide bonds. The van der Waals surface area contributed by atoms with E-state index in [9.17, 15) is 5.11 Å². The zero-order valence-electron chi connectivity index (χ0n) is 14.5. The van der Waals surface area contributed by atoms with Crippen LogP contribution in [0.5, 0.6) is 0 Å². The Hall–Kier alpha value is -0.920. The van der Waals surface area contributed by atoms with Crippen LogP contribution >= 0.6 is 15.9 Å². The van der Waals surface area contributed by atoms with E-state index in [4.69, 9.17) is 13.9 Å². The maximum atomic E-state index is 10.4. The molecule has 1 aromatic heterocycles. The van der Waals surface area contributed by atoms with Gasteiger partial charge in [0.2, 0.25) is 0 Å². The molecular weight excluding hydrogens is 374 g/mol. The first kappa shape index (κ1) is 17.9. The molecule has 3 rings (SSSR count). The number of rotatable bonds is 4. The predicted molar refractivity (Wildman–Crippen MR) is 95.9 cm³/mol. The van der Waals surface area contributed by atoms with Gasteiger partial charge in [-0.3, -0.25) is 0 Å². The number of ether oxygens (including phenoxy) is 2. The molecule has 24 heavy (non-hydrogen) atoms. The fourth-order valence-corrected chi connectivity index (χ4v) is 3.29. The summed E-state index contributed by atoms with van der Waals surface area (Å²) in [6.45, 7) is 9.59. The molecular formula is C18H24BrNO4. The van der Waals surface area contributed by atoms with E-state index in [-0.39, 0.29) is 5.54 Å². The van der Waals surface area contributed by atoms with Crippen LogP contribution in [-0.4, -0.2) is 30.4 Å². The number of nitrogens with one attached hydrogen (secondary N) is 1. The third-order valence-corrected chi connectivity index (χ3v) is 4.54. The first-order chi connectivity index (χ1) is 11.2. The number of aliphatic hydroxyl groups is 1. The molecule has 1 aliphatic heterocycles. The summed E-state index contributed by atoms with van der Waals surface area (Å²) in [4.78, 5) is 0. The minimum absolute atomic E-state index is 0.0693. The Morgan fingerprint density at radius 1 is 1.25 bits per heavy atom. The van der Waals surface area contributed by atoms with Gasteiger partial charge in [0, 0.05) is 21.9 Å². The second-order valence-electron chi connectivity index (χ2n) is 7.31. The van der Waals surface area contributed by atoms with Crippen molar-refractivity contribution >= 4 is 26.9 Å². The van der Waals surface area contributed by atoms with Crippen LogP contribution in [0.1, 0.15) is 45.1 Å². The highest BCUT2D eigenvalue weighted by Gasteiger charge is 2.36. The summed E-state index contributed by atoms with van der Waals surface area (Å²) in [5.74, 6) is -0.297. The van der Waals surface area contributed by atoms with Crippen LogP contribution in [0.3, 0.4) is 0 Å². The molecule has 1 unspecified atom stereocenters. The molecule has 1 aliphatic rings. The first-order valence-electron chi connectivity index (χ1n) is 8.12. The first-order valence-corrected chi connectivity index (χ1v) is 8.92. The van der Waals surface area contributed by atoms with Crippen LogP contribution in [0, 0.1) is 0 Å². The smallest absolute Gasteiger partial charge is 0.195 e. The van der Waals surface area contributed by atoms with Gasteiger partial charge in [0.05, 0.1) is 18.8 Å². The lowest BCUT2D eigenvalue weighted by Gasteiger charge is -2.23. The van der Waals surface area contributed by atoms with E-state index < -0.39 is 11.9 Å². The lowest BCUT2D eigenvalue weighted by molar-refractivity contribution is -0.149. The molecule has 0 bridgehead atoms. The predicted octanol–water partition coefficient (Wildman–Crippen LogP) is 3.84. The van der Waals surface area contributed by atoms with Gasteiger partial charge in [-0.2, -0.15) is 0 Å². The van der Waals surface area contributed by atoms with Gasteiger partial charge in [0.25, 0.3) is 0 Å². The van der Waals surface area contributed by atoms with E-state index in [2.05, 4.69) is 42.0 Å². The highest BCUT2D eigenvalue weighted by molar-refractivity contribution is 9.10. The van der Waals surface area contributed by atoms with Crippen molar-refractivity contribution in [1.29, 1.82) is 0 Å². The molecule has 0 spiro atoms. The van der Waals surface area contributed by atoms with Crippen molar-refractivity contribution in [3.05, 3.63) is 34.0 Å². The Morgan fingerprint density at radius 3 is 2.54 bits per heavy atom. The normalized spacial score (nSPS) is 19.1. The summed E-state index contributed by atoms with van der Waals surface area (Å²) >= 11 is 3.53. The Bertz CT molecular complexity index is 728. The Morgan fingerprint density at radius 2 is 1.92 bits per heavy atom. The van der Waals surface area contributed by atoms with Gasteiger partial charge < -0.3 is 24.3 Å². The number of halogens is 1. The molecule has 0 aliphatic carbocycles. The second-order valence-corrected chi connectivity index (χ2v) is 8.23. The summed E-state index contributed by atoms with van der Waals surface area (Å²) in [6, 6.07) is 5.78. The van der Waals surface area contributed by atoms with Crippen molar-refractivity contribution in [3.8, 4) is 0 Å². The van der Waals surface area contributed by atoms with Crippen LogP contribution in [0.2, 0.25) is 0 Å². The summed E-state index contributed by atoms with van der Waals surface area (Å²) in [5.41, 5.74) is 1.44. The van der Waals surface area contributed by atoms with Crippen molar-refractivity contribution in [2.75, 3.05) is 19.8 Å². The largest absolute Gasteiger partial charge is 0.458 e. The van der Waals surface area contributed by atoms with Crippen molar-refractivity contribution in [2.45, 2.75) is 45.1 Å². The van der Waals surface area contributed by atoms with E-state index in [1.165, 1.54) is 0 Å². The molecule has 0 radical (unpaired) electrons. The Balaban J connectivity index is 1.96. The number of fused-ring (bicyclic) bond motifs is 1. The van der Waals surface area contributed by atoms with Gasteiger partial charge in [0.15, 0.2) is 5.79 Å². The molecule has 1 aromatic carbocycles. The second kappa shape index (κ2) is 6.42. The summed E-state index contributed by atoms with van der Waals surface area (Å²) in [5, 5.41) is 14.6. The highest BCUT2D eigenvalue weighted by Crippen LogP contribution is 2.39. The van der Waals surface area contributed by atoms with Gasteiger partial charge in [-0.1, -0.05) is 15.9 Å². The molecule has 6 heteroatoms. The monoisotopic (exact) mass is 397 g/mol. The minimum Gasteiger partial charge on any atom is -0.458 e. The number of aliphatic hydroxyl groups excluding tert-OH is 1. The average Bonchev–Trinajstić information content (AvgIpc) is 3.10. The van der Waals surface area contributed by atoms with Crippen molar-refractivity contribution in [2.24, 2.45) is 0 Å². The van der Waals surface area contributed by atoms with Gasteiger partial charge in [0.1, 0.15) is 17.4 Å². The zero-order chi connectivity index (χ0) is 17.5. The summed E-state index contributed by atoms with van der Waals surface area (Å²) in [6.07, 6.45) is -0.721. The molecule has 5 nitrogen and oxygen atoms in total. The number of hydrogen-bond donors (Lipinski definition) is 2. The van der Waals surface area contributed by atoms with E-state index in [0.29, 0.717) is 31.1 Å². The van der Waals surface area contributed by atoms with Gasteiger partial charge in [-0.15, -0.1) is 0 Å². The van der Waals surface area contributed by atoms with E-state index in [1.54, 1.807) is 0 Å². The maximum Gasteiger partial charge on any atom is 0.195 e. The summed E-state index contributed by atoms with van der Waals surface area (Å²) < 4.78 is 18.5. The Kier molecular flexibility index (Phi) is 4.79. The van der Waals surface area contributed by atoms with E-state index >= 15 is 0 Å². The SMILES string of the molecule is CC(C)(C)NCC(O)c1cc2cc(Br)cc(C3(C)OCCO3)c2o1. The molecule has 2 aromatic rings. The fourth-order valence-electron chi connectivity index (χ4n) is 2.81. The van der Waals surface area contributed by atoms with Gasteiger partial charge in [-0.25, -0.2) is 0 Å². The van der Waals surface area contributed by atoms with Crippen molar-refractivity contribution in [1.82, 2.24) is 5.32 Å². The minimum atomic E-state index is -0.828. The zero-order valence-corrected chi connectivity index (χ0v) is 16.1. The molecule has 1 fully saturated rings. The van der Waals surface area contributed by atoms with Gasteiger partial charge >= 0.3 is 0 Å². The lowest BCUT2D eigenvalue weighted by Crippen LogP contribution is -2.38. The molecule has 1 saturated heterocycles. The average molecular weight is 398 g/mol. The van der Waals surface area contributed by atoms with Crippen LogP contribution in [-0.2, 0) is 15.3 Å². The third-order valence-electron chi connectivity index (χ3n) is 4.08. The fraction of sp³-hybridized carbons (Fsp3) is 0.556. The van der Waals surface area contributed by atoms with Gasteiger partial charge in [-0.05, 0) is 45.9 Å². The number of β-amino-alcohol motifs (C(OH)–C–C–N with tert-alkyl or cyclic N) is 1. The number of hydrogen-bond acceptors (Lipinski definition) is 5. The molecule has 0 saturated carbocycles. The number of benzene rings is 1. The van der Waals surface area contributed by atoms with Crippen LogP contribution in [0.4, 0.5) is 0 Å². The van der Waals surface area contributed by atoms with Crippen molar-refractivity contribution < 1.29 is 19.0 Å². The van der Waals surface area contributed by atoms with Crippen molar-refractivity contribution in [3.63, 3.8) is 0 Å². The third kappa shape index (κ3) is 3.68. The van der Waals surface area contributed by atoms with Crippen LogP contribution in [0.25, 0.3) is 11.0 Å². The molecule has 132 valence electrons. The summed E-state index contributed by atoms with van der Waals surface area (Å²) in [7, 11) is 0. The highest BCUT2D eigenvalue weighted by atomic mass is 79.9. The topological polar surface area (TPSA) is 63.9 Å². The lowest BCUT2D eigenvalue weighted by atomic mass is 10.0. The number of furan rings is 1.